The molecule has 3 aromatic rings. The van der Waals surface area contributed by atoms with Gasteiger partial charge in [0, 0.05) is 25.9 Å². The van der Waals surface area contributed by atoms with E-state index in [-0.39, 0.29) is 16.5 Å². The molecular formula is C25H16BrCl2N3O2S. The number of nitrogens with one attached hydrogen (secondary N) is 1. The first-order valence-electron chi connectivity index (χ1n) is 10.1. The molecule has 1 aliphatic heterocycles. The number of hydrogen-bond donors (Lipinski definition) is 1. The summed E-state index contributed by atoms with van der Waals surface area (Å²) in [6, 6.07) is 23.0. The predicted molar refractivity (Wildman–Crippen MR) is 141 cm³/mol. The van der Waals surface area contributed by atoms with Gasteiger partial charge in [-0.1, -0.05) is 69.1 Å². The summed E-state index contributed by atoms with van der Waals surface area (Å²) in [5, 5.41) is 13.3. The molecular weight excluding hydrogens is 557 g/mol. The second-order valence-electron chi connectivity index (χ2n) is 7.31. The summed E-state index contributed by atoms with van der Waals surface area (Å²) < 4.78 is 0.839. The molecule has 0 aliphatic carbocycles. The average Bonchev–Trinajstić information content (AvgIpc) is 3.13. The van der Waals surface area contributed by atoms with Crippen molar-refractivity contribution >= 4 is 74.1 Å². The minimum Gasteiger partial charge on any atom is -0.321 e. The number of carbonyl (C=O) groups excluding carboxylic acids is 2. The Morgan fingerprint density at radius 2 is 1.79 bits per heavy atom. The standard InChI is InChI=1S/C25H16BrCl2N3O2S/c26-16-6-9-19(10-7-16)31-24(33)22(13-15-12-17(27)8-11-21(15)28)34-25(31)20(14-29)23(32)30-18-4-2-1-3-5-18/h1-12,22H,13H2,(H,30,32)/b25-20-/t22-/m1/s1. The molecule has 170 valence electrons. The van der Waals surface area contributed by atoms with Crippen molar-refractivity contribution in [1.82, 2.24) is 0 Å². The van der Waals surface area contributed by atoms with Crippen LogP contribution < -0.4 is 10.2 Å². The summed E-state index contributed by atoms with van der Waals surface area (Å²) in [4.78, 5) is 28.0. The van der Waals surface area contributed by atoms with Crippen molar-refractivity contribution < 1.29 is 9.59 Å². The SMILES string of the molecule is N#C/C(C(=O)Nc1ccccc1)=C1/S[C@H](Cc2cc(Cl)ccc2Cl)C(=O)N1c1ccc(Br)cc1. The Hall–Kier alpha value is -2.76. The van der Waals surface area contributed by atoms with Crippen LogP contribution in [0.5, 0.6) is 0 Å². The van der Waals surface area contributed by atoms with Crippen molar-refractivity contribution in [3.05, 3.63) is 103 Å². The third kappa shape index (κ3) is 5.31. The van der Waals surface area contributed by atoms with Gasteiger partial charge in [-0.15, -0.1) is 0 Å². The molecule has 5 nitrogen and oxygen atoms in total. The number of para-hydroxylation sites is 1. The number of carbonyl (C=O) groups is 2. The highest BCUT2D eigenvalue weighted by Gasteiger charge is 2.41. The van der Waals surface area contributed by atoms with E-state index in [2.05, 4.69) is 21.2 Å². The fourth-order valence-corrected chi connectivity index (χ4v) is 5.38. The summed E-state index contributed by atoms with van der Waals surface area (Å²) in [6.45, 7) is 0. The van der Waals surface area contributed by atoms with Crippen LogP contribution in [-0.4, -0.2) is 17.1 Å². The zero-order chi connectivity index (χ0) is 24.2. The Morgan fingerprint density at radius 3 is 2.47 bits per heavy atom. The van der Waals surface area contributed by atoms with Gasteiger partial charge in [0.2, 0.25) is 5.91 Å². The lowest BCUT2D eigenvalue weighted by atomic mass is 10.1. The Labute approximate surface area is 219 Å². The number of rotatable bonds is 5. The van der Waals surface area contributed by atoms with Crippen LogP contribution in [0.15, 0.2) is 87.9 Å². The van der Waals surface area contributed by atoms with Crippen LogP contribution in [0.2, 0.25) is 10.0 Å². The molecule has 0 spiro atoms. The summed E-state index contributed by atoms with van der Waals surface area (Å²) >= 11 is 17.0. The zero-order valence-electron chi connectivity index (χ0n) is 17.5. The maximum atomic E-state index is 13.5. The molecule has 0 bridgehead atoms. The molecule has 34 heavy (non-hydrogen) atoms. The monoisotopic (exact) mass is 571 g/mol. The van der Waals surface area contributed by atoms with E-state index in [4.69, 9.17) is 23.2 Å². The van der Waals surface area contributed by atoms with Crippen molar-refractivity contribution in [2.75, 3.05) is 10.2 Å². The van der Waals surface area contributed by atoms with Gasteiger partial charge in [-0.05, 0) is 66.6 Å². The molecule has 1 saturated heterocycles. The fourth-order valence-electron chi connectivity index (χ4n) is 3.43. The molecule has 1 atom stereocenters. The van der Waals surface area contributed by atoms with Gasteiger partial charge in [-0.3, -0.25) is 14.5 Å². The van der Waals surface area contributed by atoms with Gasteiger partial charge >= 0.3 is 0 Å². The van der Waals surface area contributed by atoms with Gasteiger partial charge < -0.3 is 5.32 Å². The van der Waals surface area contributed by atoms with Crippen LogP contribution in [0.3, 0.4) is 0 Å². The molecule has 3 aromatic carbocycles. The number of nitrogens with zero attached hydrogens (tertiary/aromatic N) is 2. The summed E-state index contributed by atoms with van der Waals surface area (Å²) in [6.07, 6.45) is 0.290. The highest BCUT2D eigenvalue weighted by Crippen LogP contribution is 2.43. The van der Waals surface area contributed by atoms with Crippen LogP contribution in [-0.2, 0) is 16.0 Å². The number of hydrogen-bond acceptors (Lipinski definition) is 4. The number of halogens is 3. The second kappa shape index (κ2) is 10.7. The minimum absolute atomic E-state index is 0.148. The van der Waals surface area contributed by atoms with Crippen molar-refractivity contribution in [2.24, 2.45) is 0 Å². The Bertz CT molecular complexity index is 1320. The van der Waals surface area contributed by atoms with Gasteiger partial charge in [0.05, 0.1) is 5.25 Å². The van der Waals surface area contributed by atoms with E-state index in [1.807, 2.05) is 12.1 Å². The first kappa shape index (κ1) is 24.4. The van der Waals surface area contributed by atoms with E-state index >= 15 is 0 Å². The first-order chi connectivity index (χ1) is 16.4. The first-order valence-corrected chi connectivity index (χ1v) is 12.5. The van der Waals surface area contributed by atoms with Crippen LogP contribution >= 0.6 is 50.9 Å². The summed E-state index contributed by atoms with van der Waals surface area (Å²) in [5.41, 5.74) is 1.66. The van der Waals surface area contributed by atoms with Crippen LogP contribution in [0.25, 0.3) is 0 Å². The summed E-state index contributed by atoms with van der Waals surface area (Å²) in [5.74, 6) is -0.842. The number of anilines is 2. The maximum absolute atomic E-state index is 13.5. The molecule has 4 rings (SSSR count). The average molecular weight is 573 g/mol. The Kier molecular flexibility index (Phi) is 7.64. The lowest BCUT2D eigenvalue weighted by Crippen LogP contribution is -2.31. The lowest BCUT2D eigenvalue weighted by Gasteiger charge is -2.19. The molecule has 0 unspecified atom stereocenters. The zero-order valence-corrected chi connectivity index (χ0v) is 21.4. The molecule has 1 heterocycles. The molecule has 2 amide bonds. The third-order valence-corrected chi connectivity index (χ3v) is 7.43. The third-order valence-electron chi connectivity index (χ3n) is 5.04. The smallest absolute Gasteiger partial charge is 0.269 e. The van der Waals surface area contributed by atoms with Gasteiger partial charge in [0.25, 0.3) is 5.91 Å². The van der Waals surface area contributed by atoms with E-state index < -0.39 is 11.2 Å². The van der Waals surface area contributed by atoms with E-state index in [1.54, 1.807) is 66.7 Å². The van der Waals surface area contributed by atoms with E-state index in [0.717, 1.165) is 4.47 Å². The van der Waals surface area contributed by atoms with E-state index in [0.29, 0.717) is 33.4 Å². The maximum Gasteiger partial charge on any atom is 0.269 e. The van der Waals surface area contributed by atoms with Crippen LogP contribution in [0, 0.1) is 11.3 Å². The Morgan fingerprint density at radius 1 is 1.09 bits per heavy atom. The minimum atomic E-state index is -0.595. The van der Waals surface area contributed by atoms with Gasteiger partial charge in [0.1, 0.15) is 16.7 Å². The molecule has 0 saturated carbocycles. The van der Waals surface area contributed by atoms with Crippen molar-refractivity contribution in [3.8, 4) is 6.07 Å². The van der Waals surface area contributed by atoms with Crippen molar-refractivity contribution in [3.63, 3.8) is 0 Å². The van der Waals surface area contributed by atoms with Crippen molar-refractivity contribution in [2.45, 2.75) is 11.7 Å². The number of nitriles is 1. The quantitative estimate of drug-likeness (QED) is 0.269. The Balaban J connectivity index is 1.74. The lowest BCUT2D eigenvalue weighted by molar-refractivity contribution is -0.117. The second-order valence-corrected chi connectivity index (χ2v) is 10.3. The number of benzene rings is 3. The molecule has 9 heteroatoms. The summed E-state index contributed by atoms with van der Waals surface area (Å²) in [7, 11) is 0. The van der Waals surface area contributed by atoms with E-state index in [9.17, 15) is 14.9 Å². The van der Waals surface area contributed by atoms with E-state index in [1.165, 1.54) is 16.7 Å². The molecule has 0 radical (unpaired) electrons. The predicted octanol–water partition coefficient (Wildman–Crippen LogP) is 6.82. The van der Waals surface area contributed by atoms with Crippen molar-refractivity contribution in [1.29, 1.82) is 5.26 Å². The van der Waals surface area contributed by atoms with Gasteiger partial charge in [-0.25, -0.2) is 0 Å². The number of thioether (sulfide) groups is 1. The normalized spacial score (nSPS) is 16.8. The topological polar surface area (TPSA) is 73.2 Å². The van der Waals surface area contributed by atoms with Gasteiger partial charge in [0.15, 0.2) is 0 Å². The molecule has 1 aliphatic rings. The largest absolute Gasteiger partial charge is 0.321 e. The molecule has 0 aromatic heterocycles. The highest BCUT2D eigenvalue weighted by molar-refractivity contribution is 9.10. The van der Waals surface area contributed by atoms with Crippen LogP contribution in [0.4, 0.5) is 11.4 Å². The van der Waals surface area contributed by atoms with Gasteiger partial charge in [-0.2, -0.15) is 5.26 Å². The molecule has 1 N–H and O–H groups in total. The highest BCUT2D eigenvalue weighted by atomic mass is 79.9. The van der Waals surface area contributed by atoms with Crippen LogP contribution in [0.1, 0.15) is 5.56 Å². The fraction of sp³-hybridized carbons (Fsp3) is 0.0800. The molecule has 1 fully saturated rings. The number of amides is 2.